The Labute approximate surface area is 486 Å². The summed E-state index contributed by atoms with van der Waals surface area (Å²) in [4.78, 5) is 110. The molecule has 1 aromatic heterocycles. The van der Waals surface area contributed by atoms with Crippen LogP contribution in [-0.4, -0.2) is 243 Å². The number of hydrogen-bond acceptors (Lipinski definition) is 19. The Hall–Kier alpha value is -7.39. The molecule has 462 valence electrons. The molecule has 0 spiro atoms. The molecule has 2 aromatic carbocycles. The van der Waals surface area contributed by atoms with Crippen LogP contribution in [0.25, 0.3) is 0 Å². The fraction of sp³-hybridized carbons (Fsp3) is 0.528. The number of carboxylic acid groups (broad SMARTS) is 4. The van der Waals surface area contributed by atoms with Crippen molar-refractivity contribution in [2.45, 2.75) is 69.4 Å². The Morgan fingerprint density at radius 1 is 0.679 bits per heavy atom. The smallest absolute Gasteiger partial charge is 0.323 e. The molecule has 0 aliphatic carbocycles. The number of pyridine rings is 1. The molecule has 5 rings (SSSR count). The summed E-state index contributed by atoms with van der Waals surface area (Å²) in [7, 11) is -9.30. The zero-order valence-electron chi connectivity index (χ0n) is 46.8. The van der Waals surface area contributed by atoms with E-state index in [1.807, 2.05) is 6.07 Å². The molecule has 2 aliphatic heterocycles. The van der Waals surface area contributed by atoms with Crippen molar-refractivity contribution < 1.29 is 84.9 Å². The first-order chi connectivity index (χ1) is 39.7. The molecule has 11 N–H and O–H groups in total. The lowest BCUT2D eigenvalue weighted by Crippen LogP contribution is -2.54. The zero-order valence-corrected chi connectivity index (χ0v) is 48.5. The molecule has 1 fully saturated rings. The second-order valence-corrected chi connectivity index (χ2v) is 23.5. The molecular formula is C53H75N11O18S2. The predicted molar refractivity (Wildman–Crippen MR) is 303 cm³/mol. The standard InChI is InChI=1S/C53H75N11O18S2/c1-35-27-41(28-36(2)49(35)84(80,81)60-42(53(75)76)29-57-51(73)39-10-7-37(8-11-39)9-13-40-14-12-38-5-3-15-55-50(38)58-40)82-26-4-6-44(65)54-16-17-56-52(74)43(34-83(77,78)79)59-45(66)30-61-18-20-62(31-46(67)68)22-24-64(33-48(71)72)25-23-63(21-19-61)32-47(69)70/h7-8,10-12,14,27-28,42-43,60H,3-6,9,13,15-26,29-34H2,1-2H3,(H,54,65)(H,55,58)(H,56,74)(H,57,73)(H,59,66)(H,67,68)(H,69,70)(H,71,72)(H,75,76)(H,77,78,79)/t42-,43?/m1/s1. The SMILES string of the molecule is Cc1cc(OCCCC(=O)NCCNC(=O)C(CS(=O)(=O)O)NC(=O)CN2CCN(CC(=O)O)CCN(CC(=O)O)CCN(CC(=O)O)CC2)cc(C)c1S(=O)(=O)N[C@H](CNC(=O)c1ccc(CCc2ccc3c(n2)NCCC3)cc1)C(=O)O. The van der Waals surface area contributed by atoms with Gasteiger partial charge < -0.3 is 51.7 Å². The molecule has 3 heterocycles. The lowest BCUT2D eigenvalue weighted by molar-refractivity contribution is -0.140. The van der Waals surface area contributed by atoms with Crippen molar-refractivity contribution in [1.82, 2.24) is 50.6 Å². The van der Waals surface area contributed by atoms with Crippen LogP contribution in [0.5, 0.6) is 5.75 Å². The second-order valence-electron chi connectivity index (χ2n) is 20.4. The van der Waals surface area contributed by atoms with Crippen molar-refractivity contribution in [1.29, 1.82) is 0 Å². The highest BCUT2D eigenvalue weighted by Gasteiger charge is 2.30. The zero-order chi connectivity index (χ0) is 61.6. The van der Waals surface area contributed by atoms with Crippen molar-refractivity contribution >= 4 is 73.5 Å². The van der Waals surface area contributed by atoms with E-state index < -0.39 is 112 Å². The van der Waals surface area contributed by atoms with Gasteiger partial charge in [-0.1, -0.05) is 18.2 Å². The average Bonchev–Trinajstić information content (AvgIpc) is 3.35. The van der Waals surface area contributed by atoms with Gasteiger partial charge in [0.05, 0.1) is 37.7 Å². The maximum Gasteiger partial charge on any atom is 0.323 e. The van der Waals surface area contributed by atoms with Crippen molar-refractivity contribution in [3.63, 3.8) is 0 Å². The summed E-state index contributed by atoms with van der Waals surface area (Å²) in [5.41, 5.74) is 3.80. The average molecular weight is 1220 g/mol. The fourth-order valence-corrected chi connectivity index (χ4v) is 11.7. The number of nitrogens with zero attached hydrogens (tertiary/aromatic N) is 5. The van der Waals surface area contributed by atoms with Crippen LogP contribution in [0, 0.1) is 13.8 Å². The number of carboxylic acids is 4. The molecule has 0 radical (unpaired) electrons. The van der Waals surface area contributed by atoms with E-state index in [4.69, 9.17) is 9.72 Å². The number of carbonyl (C=O) groups is 8. The van der Waals surface area contributed by atoms with Gasteiger partial charge in [0.1, 0.15) is 29.4 Å². The third-order valence-corrected chi connectivity index (χ3v) is 16.1. The van der Waals surface area contributed by atoms with Gasteiger partial charge in [0.15, 0.2) is 0 Å². The maximum atomic E-state index is 13.6. The number of carbonyl (C=O) groups excluding carboxylic acids is 4. The van der Waals surface area contributed by atoms with Gasteiger partial charge in [-0.15, -0.1) is 0 Å². The highest BCUT2D eigenvalue weighted by molar-refractivity contribution is 7.89. The number of sulfonamides is 1. The quantitative estimate of drug-likeness (QED) is 0.0260. The van der Waals surface area contributed by atoms with Crippen LogP contribution in [0.15, 0.2) is 53.4 Å². The number of rotatable bonds is 30. The maximum absolute atomic E-state index is 13.6. The van der Waals surface area contributed by atoms with Crippen LogP contribution in [0.4, 0.5) is 5.82 Å². The Morgan fingerprint density at radius 3 is 1.76 bits per heavy atom. The Balaban J connectivity index is 1.05. The van der Waals surface area contributed by atoms with E-state index in [-0.39, 0.29) is 119 Å². The number of anilines is 1. The summed E-state index contributed by atoms with van der Waals surface area (Å²) in [5, 5.41) is 51.4. The van der Waals surface area contributed by atoms with Gasteiger partial charge in [-0.3, -0.25) is 62.5 Å². The lowest BCUT2D eigenvalue weighted by atomic mass is 10.0. The second kappa shape index (κ2) is 32.6. The summed E-state index contributed by atoms with van der Waals surface area (Å²) in [6, 6.07) is 10.2. The molecule has 31 heteroatoms. The molecule has 84 heavy (non-hydrogen) atoms. The minimum atomic E-state index is -4.84. The van der Waals surface area contributed by atoms with E-state index in [9.17, 15) is 80.2 Å². The van der Waals surface area contributed by atoms with Crippen LogP contribution in [0.2, 0.25) is 0 Å². The molecule has 0 bridgehead atoms. The molecular weight excluding hydrogens is 1140 g/mol. The van der Waals surface area contributed by atoms with E-state index in [1.165, 1.54) is 41.3 Å². The summed E-state index contributed by atoms with van der Waals surface area (Å²) in [6.45, 7) is 2.06. The highest BCUT2D eigenvalue weighted by atomic mass is 32.2. The molecule has 29 nitrogen and oxygen atoms in total. The van der Waals surface area contributed by atoms with Crippen LogP contribution in [0.1, 0.15) is 57.6 Å². The molecule has 1 saturated heterocycles. The molecule has 4 amide bonds. The summed E-state index contributed by atoms with van der Waals surface area (Å²) < 4.78 is 68.6. The normalized spacial score (nSPS) is 15.8. The number of aromatic nitrogens is 1. The van der Waals surface area contributed by atoms with Crippen LogP contribution < -0.4 is 36.0 Å². The molecule has 1 unspecified atom stereocenters. The van der Waals surface area contributed by atoms with Crippen LogP contribution in [-0.2, 0) is 73.0 Å². The fourth-order valence-electron chi connectivity index (χ4n) is 9.39. The lowest BCUT2D eigenvalue weighted by Gasteiger charge is -2.33. The summed E-state index contributed by atoms with van der Waals surface area (Å²) in [5.74, 6) is -7.95. The third-order valence-electron chi connectivity index (χ3n) is 13.6. The van der Waals surface area contributed by atoms with Gasteiger partial charge in [0.2, 0.25) is 27.7 Å². The van der Waals surface area contributed by atoms with Gasteiger partial charge in [-0.25, -0.2) is 13.4 Å². The van der Waals surface area contributed by atoms with Gasteiger partial charge in [0.25, 0.3) is 16.0 Å². The third kappa shape index (κ3) is 23.7. The molecule has 3 aromatic rings. The first kappa shape index (κ1) is 67.4. The van der Waals surface area contributed by atoms with Crippen LogP contribution in [0.3, 0.4) is 0 Å². The Morgan fingerprint density at radius 2 is 1.23 bits per heavy atom. The van der Waals surface area contributed by atoms with Crippen LogP contribution >= 0.6 is 0 Å². The largest absolute Gasteiger partial charge is 0.494 e. The number of fused-ring (bicyclic) bond motifs is 1. The minimum Gasteiger partial charge on any atom is -0.494 e. The first-order valence-corrected chi connectivity index (χ1v) is 30.3. The Kier molecular flexibility index (Phi) is 26.2. The number of nitrogens with one attached hydrogen (secondary N) is 6. The minimum absolute atomic E-state index is 0.00436. The number of amides is 4. The number of aryl methyl sites for hydroxylation is 5. The van der Waals surface area contributed by atoms with Gasteiger partial charge >= 0.3 is 23.9 Å². The number of benzene rings is 2. The van der Waals surface area contributed by atoms with Crippen molar-refractivity contribution in [2.24, 2.45) is 0 Å². The number of aliphatic carboxylic acids is 4. The van der Waals surface area contributed by atoms with E-state index in [0.717, 1.165) is 36.5 Å². The topological polar surface area (TPSA) is 413 Å². The number of ether oxygens (including phenoxy) is 1. The van der Waals surface area contributed by atoms with Crippen molar-refractivity contribution in [3.05, 3.63) is 82.0 Å². The highest BCUT2D eigenvalue weighted by Crippen LogP contribution is 2.27. The van der Waals surface area contributed by atoms with E-state index >= 15 is 0 Å². The summed E-state index contributed by atoms with van der Waals surface area (Å²) in [6.07, 6.45) is 3.55. The van der Waals surface area contributed by atoms with E-state index in [0.29, 0.717) is 12.8 Å². The van der Waals surface area contributed by atoms with Crippen molar-refractivity contribution in [2.75, 3.05) is 122 Å². The monoisotopic (exact) mass is 1220 g/mol. The van der Waals surface area contributed by atoms with Crippen molar-refractivity contribution in [3.8, 4) is 5.75 Å². The van der Waals surface area contributed by atoms with E-state index in [1.54, 1.807) is 34.1 Å². The number of hydrogen-bond donors (Lipinski definition) is 11. The Bertz CT molecular complexity index is 2990. The van der Waals surface area contributed by atoms with Gasteiger partial charge in [0, 0.05) is 96.2 Å². The predicted octanol–water partition coefficient (Wildman–Crippen LogP) is -1.76. The van der Waals surface area contributed by atoms with E-state index in [2.05, 4.69) is 37.4 Å². The van der Waals surface area contributed by atoms with Gasteiger partial charge in [-0.05, 0) is 98.5 Å². The summed E-state index contributed by atoms with van der Waals surface area (Å²) >= 11 is 0. The molecule has 2 aliphatic rings. The first-order valence-electron chi connectivity index (χ1n) is 27.2. The molecule has 2 atom stereocenters. The van der Waals surface area contributed by atoms with Gasteiger partial charge in [-0.2, -0.15) is 13.1 Å². The molecule has 0 saturated carbocycles.